The number of benzene rings is 2. The molecule has 2 aromatic carbocycles. The number of aromatic nitrogens is 2. The van der Waals surface area contributed by atoms with Crippen molar-refractivity contribution in [3.05, 3.63) is 64.6 Å². The van der Waals surface area contributed by atoms with Crippen LogP contribution in [-0.2, 0) is 23.1 Å². The van der Waals surface area contributed by atoms with Crippen molar-refractivity contribution in [1.29, 1.82) is 0 Å². The summed E-state index contributed by atoms with van der Waals surface area (Å²) in [6.45, 7) is 1.88. The lowest BCUT2D eigenvalue weighted by Crippen LogP contribution is -2.34. The van der Waals surface area contributed by atoms with Gasteiger partial charge in [-0.05, 0) is 49.4 Å². The van der Waals surface area contributed by atoms with Gasteiger partial charge in [-0.15, -0.1) is 0 Å². The van der Waals surface area contributed by atoms with Gasteiger partial charge in [0.05, 0.1) is 22.8 Å². The van der Waals surface area contributed by atoms with Crippen molar-refractivity contribution < 1.29 is 22.7 Å². The van der Waals surface area contributed by atoms with E-state index in [1.165, 1.54) is 47.1 Å². The largest absolute Gasteiger partial charge is 0.476 e. The molecule has 4 rings (SSSR count). The third-order valence-electron chi connectivity index (χ3n) is 4.74. The summed E-state index contributed by atoms with van der Waals surface area (Å²) < 4.78 is 43.2. The van der Waals surface area contributed by atoms with Crippen LogP contribution in [0.3, 0.4) is 0 Å². The highest BCUT2D eigenvalue weighted by atomic mass is 35.5. The predicted octanol–water partition coefficient (Wildman–Crippen LogP) is 3.77. The zero-order valence-corrected chi connectivity index (χ0v) is 16.7. The maximum absolute atomic E-state index is 14.1. The Hall–Kier alpha value is -2.91. The Balaban J connectivity index is 1.98. The highest BCUT2D eigenvalue weighted by Crippen LogP contribution is 2.43. The Bertz CT molecular complexity index is 1240. The summed E-state index contributed by atoms with van der Waals surface area (Å²) in [4.78, 5) is 11.7. The number of carboxylic acid groups (broad SMARTS) is 1. The molecule has 150 valence electrons. The minimum Gasteiger partial charge on any atom is -0.476 e. The van der Waals surface area contributed by atoms with E-state index in [-0.39, 0.29) is 33.9 Å². The van der Waals surface area contributed by atoms with Gasteiger partial charge >= 0.3 is 5.97 Å². The van der Waals surface area contributed by atoms with E-state index in [1.807, 2.05) is 0 Å². The van der Waals surface area contributed by atoms with Gasteiger partial charge in [0, 0.05) is 22.7 Å². The standard InChI is InChI=1S/C19H15ClFN3O4S/c1-2-23-18-14-9-12(21)5-8-16(14)24(10-15(18)17(22-23)19(25)26)29(27,28)13-6-3-11(20)4-7-13/h3-9H,2,10H2,1H3,(H,25,26). The smallest absolute Gasteiger partial charge is 0.356 e. The number of hydrogen-bond donors (Lipinski definition) is 1. The molecule has 0 bridgehead atoms. The molecule has 0 saturated carbocycles. The number of aryl methyl sites for hydroxylation is 1. The average Bonchev–Trinajstić information content (AvgIpc) is 3.07. The van der Waals surface area contributed by atoms with Crippen molar-refractivity contribution >= 4 is 33.3 Å². The molecule has 1 aliphatic rings. The number of carboxylic acids is 1. The normalized spacial score (nSPS) is 13.1. The van der Waals surface area contributed by atoms with Gasteiger partial charge < -0.3 is 5.11 Å². The van der Waals surface area contributed by atoms with Crippen molar-refractivity contribution in [2.24, 2.45) is 0 Å². The zero-order chi connectivity index (χ0) is 20.9. The number of halogens is 2. The number of hydrogen-bond acceptors (Lipinski definition) is 4. The molecular formula is C19H15ClFN3O4S. The second kappa shape index (κ2) is 6.85. The number of sulfonamides is 1. The first-order valence-corrected chi connectivity index (χ1v) is 10.5. The highest BCUT2D eigenvalue weighted by molar-refractivity contribution is 7.92. The second-order valence-electron chi connectivity index (χ2n) is 6.42. The first-order valence-electron chi connectivity index (χ1n) is 8.65. The molecule has 0 saturated heterocycles. The molecule has 0 aliphatic carbocycles. The quantitative estimate of drug-likeness (QED) is 0.673. The van der Waals surface area contributed by atoms with Gasteiger partial charge in [0.2, 0.25) is 0 Å². The van der Waals surface area contributed by atoms with Crippen LogP contribution in [0, 0.1) is 5.82 Å². The van der Waals surface area contributed by atoms with Crippen molar-refractivity contribution in [3.63, 3.8) is 0 Å². The van der Waals surface area contributed by atoms with Gasteiger partial charge in [0.25, 0.3) is 10.0 Å². The van der Waals surface area contributed by atoms with E-state index >= 15 is 0 Å². The van der Waals surface area contributed by atoms with Crippen LogP contribution in [0.2, 0.25) is 5.02 Å². The minimum absolute atomic E-state index is 0.0135. The zero-order valence-electron chi connectivity index (χ0n) is 15.1. The van der Waals surface area contributed by atoms with Crippen molar-refractivity contribution in [3.8, 4) is 11.3 Å². The van der Waals surface area contributed by atoms with E-state index in [1.54, 1.807) is 6.92 Å². The number of carbonyl (C=O) groups is 1. The number of nitrogens with zero attached hydrogens (tertiary/aromatic N) is 3. The SMILES string of the molecule is CCn1nc(C(=O)O)c2c1-c1cc(F)ccc1N(S(=O)(=O)c1ccc(Cl)cc1)C2. The summed E-state index contributed by atoms with van der Waals surface area (Å²) in [5.41, 5.74) is 0.885. The van der Waals surface area contributed by atoms with Crippen LogP contribution in [0.15, 0.2) is 47.4 Å². The van der Waals surface area contributed by atoms with Crippen molar-refractivity contribution in [2.75, 3.05) is 4.31 Å². The highest BCUT2D eigenvalue weighted by Gasteiger charge is 2.37. The number of aromatic carboxylic acids is 1. The van der Waals surface area contributed by atoms with Gasteiger partial charge in [0.15, 0.2) is 5.69 Å². The Morgan fingerprint density at radius 2 is 1.93 bits per heavy atom. The Morgan fingerprint density at radius 3 is 2.55 bits per heavy atom. The van der Waals surface area contributed by atoms with Crippen molar-refractivity contribution in [1.82, 2.24) is 9.78 Å². The molecule has 0 atom stereocenters. The minimum atomic E-state index is -4.07. The average molecular weight is 436 g/mol. The fourth-order valence-electron chi connectivity index (χ4n) is 3.44. The van der Waals surface area contributed by atoms with E-state index < -0.39 is 21.8 Å². The monoisotopic (exact) mass is 435 g/mol. The van der Waals surface area contributed by atoms with Crippen LogP contribution in [-0.4, -0.2) is 29.3 Å². The fraction of sp³-hybridized carbons (Fsp3) is 0.158. The summed E-state index contributed by atoms with van der Waals surface area (Å²) in [6, 6.07) is 9.36. The maximum atomic E-state index is 14.1. The maximum Gasteiger partial charge on any atom is 0.356 e. The van der Waals surface area contributed by atoms with E-state index in [9.17, 15) is 22.7 Å². The van der Waals surface area contributed by atoms with Crippen molar-refractivity contribution in [2.45, 2.75) is 24.9 Å². The van der Waals surface area contributed by atoms with Gasteiger partial charge in [-0.1, -0.05) is 11.6 Å². The number of fused-ring (bicyclic) bond motifs is 3. The molecule has 2 heterocycles. The summed E-state index contributed by atoms with van der Waals surface area (Å²) in [7, 11) is -4.07. The molecule has 0 radical (unpaired) electrons. The summed E-state index contributed by atoms with van der Waals surface area (Å²) in [5, 5.41) is 14.0. The Labute approximate surface area is 171 Å². The van der Waals surface area contributed by atoms with Gasteiger partial charge in [-0.3, -0.25) is 8.99 Å². The molecule has 7 nitrogen and oxygen atoms in total. The molecule has 1 aromatic heterocycles. The second-order valence-corrected chi connectivity index (χ2v) is 8.72. The van der Waals surface area contributed by atoms with E-state index in [2.05, 4.69) is 5.10 Å². The van der Waals surface area contributed by atoms with Gasteiger partial charge in [-0.25, -0.2) is 17.6 Å². The molecule has 3 aromatic rings. The molecule has 0 amide bonds. The van der Waals surface area contributed by atoms with Crippen LogP contribution in [0.1, 0.15) is 23.0 Å². The van der Waals surface area contributed by atoms with Crippen LogP contribution >= 0.6 is 11.6 Å². The van der Waals surface area contributed by atoms with Crippen LogP contribution in [0.25, 0.3) is 11.3 Å². The summed E-state index contributed by atoms with van der Waals surface area (Å²) in [6.07, 6.45) is 0. The molecular weight excluding hydrogens is 421 g/mol. The third kappa shape index (κ3) is 3.06. The van der Waals surface area contributed by atoms with Gasteiger partial charge in [-0.2, -0.15) is 5.10 Å². The Morgan fingerprint density at radius 1 is 1.24 bits per heavy atom. The fourth-order valence-corrected chi connectivity index (χ4v) is 5.02. The molecule has 1 N–H and O–H groups in total. The molecule has 1 aliphatic heterocycles. The lowest BCUT2D eigenvalue weighted by molar-refractivity contribution is 0.0688. The van der Waals surface area contributed by atoms with Gasteiger partial charge in [0.1, 0.15) is 5.82 Å². The number of anilines is 1. The third-order valence-corrected chi connectivity index (χ3v) is 6.76. The summed E-state index contributed by atoms with van der Waals surface area (Å²) >= 11 is 5.86. The molecule has 0 spiro atoms. The predicted molar refractivity (Wildman–Crippen MR) is 105 cm³/mol. The lowest BCUT2D eigenvalue weighted by atomic mass is 9.99. The Kier molecular flexibility index (Phi) is 4.59. The summed E-state index contributed by atoms with van der Waals surface area (Å²) in [5.74, 6) is -1.85. The molecule has 29 heavy (non-hydrogen) atoms. The molecule has 0 unspecified atom stereocenters. The first-order chi connectivity index (χ1) is 13.7. The molecule has 0 fully saturated rings. The van der Waals surface area contributed by atoms with Crippen LogP contribution < -0.4 is 4.31 Å². The number of rotatable bonds is 4. The van der Waals surface area contributed by atoms with Crippen LogP contribution in [0.5, 0.6) is 0 Å². The van der Waals surface area contributed by atoms with E-state index in [0.29, 0.717) is 17.3 Å². The van der Waals surface area contributed by atoms with E-state index in [4.69, 9.17) is 11.6 Å². The topological polar surface area (TPSA) is 92.5 Å². The lowest BCUT2D eigenvalue weighted by Gasteiger charge is -2.31. The first kappa shape index (κ1) is 19.4. The van der Waals surface area contributed by atoms with Crippen LogP contribution in [0.4, 0.5) is 10.1 Å². The molecule has 10 heteroatoms. The van der Waals surface area contributed by atoms with E-state index in [0.717, 1.165) is 4.31 Å².